The second-order valence-corrected chi connectivity index (χ2v) is 7.32. The zero-order valence-corrected chi connectivity index (χ0v) is 16.8. The number of thioether (sulfide) groups is 1. The fraction of sp³-hybridized carbons (Fsp3) is 0.333. The molecule has 0 spiro atoms. The normalized spacial score (nSPS) is 10.9. The summed E-state index contributed by atoms with van der Waals surface area (Å²) in [6.45, 7) is 2.91. The molecule has 0 radical (unpaired) electrons. The van der Waals surface area contributed by atoms with E-state index >= 15 is 0 Å². The van der Waals surface area contributed by atoms with Gasteiger partial charge in [0.1, 0.15) is 18.1 Å². The van der Waals surface area contributed by atoms with Crippen molar-refractivity contribution in [3.8, 4) is 5.75 Å². The Morgan fingerprint density at radius 2 is 2.07 bits per heavy atom. The van der Waals surface area contributed by atoms with Crippen molar-refractivity contribution in [3.05, 3.63) is 59.4 Å². The maximum Gasteiger partial charge on any atom is 0.240 e. The van der Waals surface area contributed by atoms with Crippen LogP contribution >= 0.6 is 11.8 Å². The predicted octanol–water partition coefficient (Wildman–Crippen LogP) is 3.58. The van der Waals surface area contributed by atoms with Gasteiger partial charge in [0, 0.05) is 6.54 Å². The average molecular weight is 384 g/mol. The lowest BCUT2D eigenvalue weighted by Crippen LogP contribution is -2.30. The van der Waals surface area contributed by atoms with E-state index in [9.17, 15) is 4.79 Å². The van der Waals surface area contributed by atoms with Crippen LogP contribution in [0.4, 0.5) is 0 Å². The molecule has 1 amide bonds. The van der Waals surface area contributed by atoms with Gasteiger partial charge in [-0.25, -0.2) is 4.98 Å². The lowest BCUT2D eigenvalue weighted by Gasteiger charge is -2.12. The van der Waals surface area contributed by atoms with Crippen LogP contribution in [-0.2, 0) is 23.5 Å². The Balaban J connectivity index is 1.66. The van der Waals surface area contributed by atoms with Gasteiger partial charge in [0.25, 0.3) is 0 Å². The highest BCUT2D eigenvalue weighted by molar-refractivity contribution is 7.97. The van der Waals surface area contributed by atoms with E-state index < -0.39 is 0 Å². The number of aromatic nitrogens is 2. The van der Waals surface area contributed by atoms with Gasteiger partial charge in [-0.05, 0) is 43.4 Å². The summed E-state index contributed by atoms with van der Waals surface area (Å²) in [7, 11) is 1.67. The van der Waals surface area contributed by atoms with Gasteiger partial charge in [-0.2, -0.15) is 11.8 Å². The predicted molar refractivity (Wildman–Crippen MR) is 111 cm³/mol. The number of imidazole rings is 1. The highest BCUT2D eigenvalue weighted by atomic mass is 32.2. The third-order valence-corrected chi connectivity index (χ3v) is 5.01. The van der Waals surface area contributed by atoms with Crippen LogP contribution in [0.2, 0.25) is 0 Å². The van der Waals surface area contributed by atoms with Crippen LogP contribution in [0.15, 0.2) is 42.5 Å². The summed E-state index contributed by atoms with van der Waals surface area (Å²) >= 11 is 1.70. The summed E-state index contributed by atoms with van der Waals surface area (Å²) in [5.74, 6) is 2.56. The number of para-hydroxylation sites is 2. The fourth-order valence-corrected chi connectivity index (χ4v) is 3.66. The third-order valence-electron chi connectivity index (χ3n) is 4.46. The maximum absolute atomic E-state index is 12.5. The summed E-state index contributed by atoms with van der Waals surface area (Å²) in [6.07, 6.45) is 2.78. The number of carbonyl (C=O) groups is 1. The minimum Gasteiger partial charge on any atom is -0.496 e. The third kappa shape index (κ3) is 4.63. The highest BCUT2D eigenvalue weighted by Gasteiger charge is 2.13. The molecule has 0 aliphatic heterocycles. The molecule has 0 saturated carbocycles. The quantitative estimate of drug-likeness (QED) is 0.646. The molecule has 3 rings (SSSR count). The Morgan fingerprint density at radius 1 is 1.26 bits per heavy atom. The topological polar surface area (TPSA) is 56.1 Å². The first-order valence-corrected chi connectivity index (χ1v) is 10.3. The Labute approximate surface area is 164 Å². The van der Waals surface area contributed by atoms with E-state index in [1.807, 2.05) is 47.2 Å². The number of carbonyl (C=O) groups excluding carboxylic acids is 1. The van der Waals surface area contributed by atoms with Gasteiger partial charge in [-0.3, -0.25) is 4.79 Å². The first-order valence-electron chi connectivity index (χ1n) is 8.95. The Hall–Kier alpha value is -2.47. The zero-order chi connectivity index (χ0) is 19.2. The fourth-order valence-electron chi connectivity index (χ4n) is 3.18. The van der Waals surface area contributed by atoms with Crippen molar-refractivity contribution in [2.45, 2.75) is 25.6 Å². The van der Waals surface area contributed by atoms with Gasteiger partial charge in [-0.1, -0.05) is 29.8 Å². The number of ether oxygens (including phenoxy) is 1. The van der Waals surface area contributed by atoms with Crippen molar-refractivity contribution >= 4 is 28.7 Å². The minimum absolute atomic E-state index is 0.00729. The van der Waals surface area contributed by atoms with Crippen LogP contribution in [0.1, 0.15) is 17.0 Å². The molecule has 1 heterocycles. The molecule has 27 heavy (non-hydrogen) atoms. The van der Waals surface area contributed by atoms with Gasteiger partial charge >= 0.3 is 0 Å². The molecule has 1 aromatic heterocycles. The summed E-state index contributed by atoms with van der Waals surface area (Å²) in [6, 6.07) is 14.0. The number of hydrogen-bond donors (Lipinski definition) is 1. The Bertz CT molecular complexity index is 936. The van der Waals surface area contributed by atoms with Crippen molar-refractivity contribution in [2.24, 2.45) is 0 Å². The standard InChI is InChI=1S/C21H25N3O2S/c1-15-8-9-19(26-2)16(12-15)10-11-22-21(25)13-24-18-7-5-4-6-17(18)23-20(24)14-27-3/h4-9,12H,10-11,13-14H2,1-3H3,(H,22,25). The van der Waals surface area contributed by atoms with Crippen molar-refractivity contribution in [2.75, 3.05) is 19.9 Å². The number of nitrogens with one attached hydrogen (secondary N) is 1. The van der Waals surface area contributed by atoms with Crippen molar-refractivity contribution in [3.63, 3.8) is 0 Å². The molecule has 0 saturated heterocycles. The molecular formula is C21H25N3O2S. The molecular weight excluding hydrogens is 358 g/mol. The van der Waals surface area contributed by atoms with Crippen LogP contribution in [0.3, 0.4) is 0 Å². The summed E-state index contributed by atoms with van der Waals surface area (Å²) < 4.78 is 7.41. The van der Waals surface area contributed by atoms with Crippen LogP contribution in [-0.4, -0.2) is 35.4 Å². The Kier molecular flexibility index (Phi) is 6.40. The van der Waals surface area contributed by atoms with Gasteiger partial charge in [0.05, 0.1) is 23.9 Å². The summed E-state index contributed by atoms with van der Waals surface area (Å²) in [5, 5.41) is 3.02. The first kappa shape index (κ1) is 19.3. The molecule has 0 unspecified atom stereocenters. The van der Waals surface area contributed by atoms with E-state index in [1.54, 1.807) is 18.9 Å². The van der Waals surface area contributed by atoms with Crippen molar-refractivity contribution in [1.82, 2.24) is 14.9 Å². The second-order valence-electron chi connectivity index (χ2n) is 6.45. The molecule has 142 valence electrons. The lowest BCUT2D eigenvalue weighted by atomic mass is 10.1. The molecule has 1 N–H and O–H groups in total. The van der Waals surface area contributed by atoms with Crippen molar-refractivity contribution < 1.29 is 9.53 Å². The van der Waals surface area contributed by atoms with Crippen LogP contribution in [0.5, 0.6) is 5.75 Å². The number of benzene rings is 2. The first-order chi connectivity index (χ1) is 13.1. The number of fused-ring (bicyclic) bond motifs is 1. The number of methoxy groups -OCH3 is 1. The molecule has 0 fully saturated rings. The van der Waals surface area contributed by atoms with E-state index in [1.165, 1.54) is 5.56 Å². The van der Waals surface area contributed by atoms with E-state index in [2.05, 4.69) is 23.3 Å². The Morgan fingerprint density at radius 3 is 2.85 bits per heavy atom. The molecule has 0 aliphatic rings. The molecule has 0 bridgehead atoms. The largest absolute Gasteiger partial charge is 0.496 e. The molecule has 5 nitrogen and oxygen atoms in total. The van der Waals surface area contributed by atoms with Gasteiger partial charge in [0.2, 0.25) is 5.91 Å². The monoisotopic (exact) mass is 383 g/mol. The van der Waals surface area contributed by atoms with E-state index in [4.69, 9.17) is 4.74 Å². The van der Waals surface area contributed by atoms with Crippen molar-refractivity contribution in [1.29, 1.82) is 0 Å². The molecule has 6 heteroatoms. The lowest BCUT2D eigenvalue weighted by molar-refractivity contribution is -0.121. The zero-order valence-electron chi connectivity index (χ0n) is 16.0. The SMILES string of the molecule is COc1ccc(C)cc1CCNC(=O)Cn1c(CSC)nc2ccccc21. The highest BCUT2D eigenvalue weighted by Crippen LogP contribution is 2.20. The average Bonchev–Trinajstić information content (AvgIpc) is 3.00. The number of amides is 1. The summed E-state index contributed by atoms with van der Waals surface area (Å²) in [4.78, 5) is 17.2. The molecule has 3 aromatic rings. The molecule has 0 aliphatic carbocycles. The van der Waals surface area contributed by atoms with E-state index in [-0.39, 0.29) is 12.5 Å². The van der Waals surface area contributed by atoms with Crippen LogP contribution in [0.25, 0.3) is 11.0 Å². The number of aryl methyl sites for hydroxylation is 1. The van der Waals surface area contributed by atoms with Gasteiger partial charge in [0.15, 0.2) is 0 Å². The van der Waals surface area contributed by atoms with E-state index in [0.717, 1.165) is 40.3 Å². The van der Waals surface area contributed by atoms with E-state index in [0.29, 0.717) is 6.54 Å². The number of nitrogens with zero attached hydrogens (tertiary/aromatic N) is 2. The summed E-state index contributed by atoms with van der Waals surface area (Å²) in [5.41, 5.74) is 4.22. The second kappa shape index (κ2) is 8.95. The minimum atomic E-state index is -0.00729. The molecule has 2 aromatic carbocycles. The van der Waals surface area contributed by atoms with Crippen LogP contribution in [0, 0.1) is 6.92 Å². The smallest absolute Gasteiger partial charge is 0.240 e. The van der Waals surface area contributed by atoms with Gasteiger partial charge in [-0.15, -0.1) is 0 Å². The van der Waals surface area contributed by atoms with Gasteiger partial charge < -0.3 is 14.6 Å². The number of rotatable bonds is 8. The maximum atomic E-state index is 12.5. The number of hydrogen-bond acceptors (Lipinski definition) is 4. The molecule has 0 atom stereocenters. The van der Waals surface area contributed by atoms with Crippen LogP contribution < -0.4 is 10.1 Å².